The molecule has 27 heavy (non-hydrogen) atoms. The summed E-state index contributed by atoms with van der Waals surface area (Å²) in [6, 6.07) is 16.9. The Bertz CT molecular complexity index is 813. The number of benzene rings is 2. The molecule has 140 valence electrons. The Morgan fingerprint density at radius 2 is 1.81 bits per heavy atom. The molecule has 1 atom stereocenters. The Balaban J connectivity index is 1.47. The molecule has 0 N–H and O–H groups in total. The van der Waals surface area contributed by atoms with Crippen LogP contribution in [0.5, 0.6) is 0 Å². The summed E-state index contributed by atoms with van der Waals surface area (Å²) >= 11 is 0. The van der Waals surface area contributed by atoms with Crippen molar-refractivity contribution in [3.63, 3.8) is 0 Å². The number of likely N-dealkylation sites (tertiary alicyclic amines) is 1. The van der Waals surface area contributed by atoms with Crippen LogP contribution in [-0.4, -0.2) is 30.7 Å². The maximum Gasteiger partial charge on any atom is 0.409 e. The van der Waals surface area contributed by atoms with Gasteiger partial charge in [-0.3, -0.25) is 0 Å². The molecular weight excluding hydrogens is 334 g/mol. The summed E-state index contributed by atoms with van der Waals surface area (Å²) in [6.07, 6.45) is 4.86. The van der Waals surface area contributed by atoms with Crippen molar-refractivity contribution in [3.05, 3.63) is 72.3 Å². The molecule has 4 rings (SSSR count). The Kier molecular flexibility index (Phi) is 4.77. The minimum atomic E-state index is -0.188. The van der Waals surface area contributed by atoms with Gasteiger partial charge in [0.25, 0.3) is 0 Å². The number of amides is 1. The zero-order valence-electron chi connectivity index (χ0n) is 16.0. The van der Waals surface area contributed by atoms with E-state index in [1.54, 1.807) is 0 Å². The van der Waals surface area contributed by atoms with Crippen LogP contribution in [0.15, 0.2) is 61.2 Å². The van der Waals surface area contributed by atoms with Crippen molar-refractivity contribution in [2.75, 3.05) is 19.7 Å². The van der Waals surface area contributed by atoms with Gasteiger partial charge in [-0.15, -0.1) is 6.58 Å². The Hall–Kier alpha value is -2.55. The van der Waals surface area contributed by atoms with Crippen molar-refractivity contribution in [1.29, 1.82) is 0 Å². The van der Waals surface area contributed by atoms with E-state index in [1.165, 1.54) is 22.3 Å². The first kappa shape index (κ1) is 17.8. The Labute approximate surface area is 161 Å². The quantitative estimate of drug-likeness (QED) is 0.662. The summed E-state index contributed by atoms with van der Waals surface area (Å²) in [5, 5.41) is 0. The minimum absolute atomic E-state index is 0.116. The van der Waals surface area contributed by atoms with E-state index in [9.17, 15) is 4.79 Å². The molecule has 3 nitrogen and oxygen atoms in total. The second-order valence-electron chi connectivity index (χ2n) is 8.13. The summed E-state index contributed by atoms with van der Waals surface area (Å²) < 4.78 is 5.81. The molecule has 2 aliphatic rings. The van der Waals surface area contributed by atoms with Crippen LogP contribution < -0.4 is 0 Å². The van der Waals surface area contributed by atoms with E-state index in [-0.39, 0.29) is 17.4 Å². The van der Waals surface area contributed by atoms with Crippen LogP contribution >= 0.6 is 0 Å². The first-order valence-electron chi connectivity index (χ1n) is 9.82. The van der Waals surface area contributed by atoms with Crippen molar-refractivity contribution in [3.8, 4) is 11.1 Å². The second kappa shape index (κ2) is 7.22. The molecule has 3 heteroatoms. The van der Waals surface area contributed by atoms with Gasteiger partial charge in [-0.05, 0) is 46.9 Å². The molecule has 2 aromatic carbocycles. The molecule has 0 radical (unpaired) electrons. The monoisotopic (exact) mass is 361 g/mol. The fraction of sp³-hybridized carbons (Fsp3) is 0.375. The van der Waals surface area contributed by atoms with Crippen molar-refractivity contribution in [2.24, 2.45) is 5.41 Å². The SMILES string of the molecule is C=CC[C@]1(C)CCCN(C(=O)OCC2c3ccccc3-c3ccccc32)C1. The van der Waals surface area contributed by atoms with Gasteiger partial charge >= 0.3 is 6.09 Å². The van der Waals surface area contributed by atoms with Crippen LogP contribution in [0.1, 0.15) is 43.2 Å². The summed E-state index contributed by atoms with van der Waals surface area (Å²) in [4.78, 5) is 14.6. The predicted octanol–water partition coefficient (Wildman–Crippen LogP) is 5.61. The van der Waals surface area contributed by atoms with Crippen LogP contribution in [0.4, 0.5) is 4.79 Å². The molecule has 1 amide bonds. The van der Waals surface area contributed by atoms with Gasteiger partial charge in [-0.2, -0.15) is 0 Å². The maximum atomic E-state index is 12.7. The average molecular weight is 361 g/mol. The molecule has 1 saturated heterocycles. The van der Waals surface area contributed by atoms with Gasteiger partial charge in [0.15, 0.2) is 0 Å². The average Bonchev–Trinajstić information content (AvgIpc) is 3.00. The summed E-state index contributed by atoms with van der Waals surface area (Å²) in [6.45, 7) is 8.02. The predicted molar refractivity (Wildman–Crippen MR) is 109 cm³/mol. The normalized spacial score (nSPS) is 21.4. The number of allylic oxidation sites excluding steroid dienone is 1. The number of rotatable bonds is 4. The molecule has 1 aliphatic heterocycles. The molecular formula is C24H27NO2. The summed E-state index contributed by atoms with van der Waals surface area (Å²) in [5.41, 5.74) is 5.13. The third kappa shape index (κ3) is 3.39. The van der Waals surface area contributed by atoms with Gasteiger partial charge in [-0.1, -0.05) is 61.5 Å². The van der Waals surface area contributed by atoms with E-state index in [4.69, 9.17) is 4.74 Å². The van der Waals surface area contributed by atoms with E-state index < -0.39 is 0 Å². The first-order chi connectivity index (χ1) is 13.1. The zero-order chi connectivity index (χ0) is 18.9. The Morgan fingerprint density at radius 1 is 1.19 bits per heavy atom. The molecule has 1 heterocycles. The lowest BCUT2D eigenvalue weighted by atomic mass is 9.79. The van der Waals surface area contributed by atoms with Crippen LogP contribution in [-0.2, 0) is 4.74 Å². The third-order valence-electron chi connectivity index (χ3n) is 6.01. The highest BCUT2D eigenvalue weighted by Gasteiger charge is 2.34. The Morgan fingerprint density at radius 3 is 2.44 bits per heavy atom. The summed E-state index contributed by atoms with van der Waals surface area (Å²) in [7, 11) is 0. The fourth-order valence-electron chi connectivity index (χ4n) is 4.67. The smallest absolute Gasteiger partial charge is 0.409 e. The van der Waals surface area contributed by atoms with Crippen molar-refractivity contribution >= 4 is 6.09 Å². The van der Waals surface area contributed by atoms with Gasteiger partial charge in [0, 0.05) is 19.0 Å². The molecule has 0 spiro atoms. The largest absolute Gasteiger partial charge is 0.448 e. The van der Waals surface area contributed by atoms with Gasteiger partial charge in [0.1, 0.15) is 6.61 Å². The molecule has 1 fully saturated rings. The number of hydrogen-bond donors (Lipinski definition) is 0. The fourth-order valence-corrected chi connectivity index (χ4v) is 4.67. The molecule has 2 aromatic rings. The van der Waals surface area contributed by atoms with Gasteiger partial charge in [0.05, 0.1) is 0 Å². The molecule has 0 bridgehead atoms. The maximum absolute atomic E-state index is 12.7. The van der Waals surface area contributed by atoms with E-state index in [2.05, 4.69) is 62.0 Å². The summed E-state index contributed by atoms with van der Waals surface area (Å²) in [5.74, 6) is 0.116. The van der Waals surface area contributed by atoms with Gasteiger partial charge < -0.3 is 9.64 Å². The minimum Gasteiger partial charge on any atom is -0.448 e. The molecule has 0 unspecified atom stereocenters. The number of hydrogen-bond acceptors (Lipinski definition) is 2. The number of carbonyl (C=O) groups excluding carboxylic acids is 1. The number of nitrogens with zero attached hydrogens (tertiary/aromatic N) is 1. The highest BCUT2D eigenvalue weighted by Crippen LogP contribution is 2.44. The lowest BCUT2D eigenvalue weighted by molar-refractivity contribution is 0.0608. The van der Waals surface area contributed by atoms with Crippen LogP contribution in [0.25, 0.3) is 11.1 Å². The van der Waals surface area contributed by atoms with Crippen LogP contribution in [0, 0.1) is 5.41 Å². The molecule has 0 aromatic heterocycles. The lowest BCUT2D eigenvalue weighted by Gasteiger charge is -2.39. The second-order valence-corrected chi connectivity index (χ2v) is 8.13. The standard InChI is InChI=1S/C24H27NO2/c1-3-13-24(2)14-8-15-25(17-24)23(26)27-16-22-20-11-6-4-9-18(20)19-10-5-7-12-21(19)22/h3-7,9-12,22H,1,8,13-17H2,2H3/t24-/m1/s1. The highest BCUT2D eigenvalue weighted by atomic mass is 16.6. The van der Waals surface area contributed by atoms with Gasteiger partial charge in [-0.25, -0.2) is 4.79 Å². The zero-order valence-corrected chi connectivity index (χ0v) is 16.0. The van der Waals surface area contributed by atoms with Crippen LogP contribution in [0.2, 0.25) is 0 Å². The number of piperidine rings is 1. The van der Waals surface area contributed by atoms with Gasteiger partial charge in [0.2, 0.25) is 0 Å². The lowest BCUT2D eigenvalue weighted by Crippen LogP contribution is -2.45. The van der Waals surface area contributed by atoms with Crippen molar-refractivity contribution in [2.45, 2.75) is 32.1 Å². The molecule has 1 aliphatic carbocycles. The number of fused-ring (bicyclic) bond motifs is 3. The third-order valence-corrected chi connectivity index (χ3v) is 6.01. The molecule has 0 saturated carbocycles. The van der Waals surface area contributed by atoms with E-state index >= 15 is 0 Å². The van der Waals surface area contributed by atoms with Crippen molar-refractivity contribution < 1.29 is 9.53 Å². The van der Waals surface area contributed by atoms with Crippen molar-refractivity contribution in [1.82, 2.24) is 4.90 Å². The van der Waals surface area contributed by atoms with E-state index in [1.807, 2.05) is 11.0 Å². The highest BCUT2D eigenvalue weighted by molar-refractivity contribution is 5.79. The topological polar surface area (TPSA) is 29.5 Å². The van der Waals surface area contributed by atoms with E-state index in [0.29, 0.717) is 6.61 Å². The number of ether oxygens (including phenoxy) is 1. The number of carbonyl (C=O) groups is 1. The van der Waals surface area contributed by atoms with Crippen LogP contribution in [0.3, 0.4) is 0 Å². The first-order valence-corrected chi connectivity index (χ1v) is 9.82. The van der Waals surface area contributed by atoms with E-state index in [0.717, 1.165) is 32.4 Å².